The van der Waals surface area contributed by atoms with Gasteiger partial charge in [0.2, 0.25) is 5.91 Å². The molecule has 2 heterocycles. The van der Waals surface area contributed by atoms with Crippen LogP contribution < -0.4 is 5.32 Å². The molecule has 1 unspecified atom stereocenters. The molecule has 1 atom stereocenters. The number of carbonyl (C=O) groups excluding carboxylic acids is 1. The number of hydrogen-bond acceptors (Lipinski definition) is 6. The van der Waals surface area contributed by atoms with Crippen LogP contribution in [-0.2, 0) is 4.79 Å². The van der Waals surface area contributed by atoms with Crippen molar-refractivity contribution in [3.05, 3.63) is 35.3 Å². The summed E-state index contributed by atoms with van der Waals surface area (Å²) < 4.78 is 5.60. The van der Waals surface area contributed by atoms with Crippen molar-refractivity contribution in [2.45, 2.75) is 24.3 Å². The van der Waals surface area contributed by atoms with Crippen LogP contribution in [0.3, 0.4) is 0 Å². The van der Waals surface area contributed by atoms with E-state index in [0.29, 0.717) is 10.4 Å². The van der Waals surface area contributed by atoms with E-state index in [1.54, 1.807) is 0 Å². The number of aryl methyl sites for hydroxylation is 1. The average Bonchev–Trinajstić information content (AvgIpc) is 3.04. The Labute approximate surface area is 129 Å². The van der Waals surface area contributed by atoms with Gasteiger partial charge in [-0.3, -0.25) is 4.79 Å². The van der Waals surface area contributed by atoms with E-state index in [1.807, 2.05) is 43.5 Å². The van der Waals surface area contributed by atoms with Gasteiger partial charge in [0.1, 0.15) is 5.52 Å². The molecule has 2 aromatic heterocycles. The summed E-state index contributed by atoms with van der Waals surface area (Å²) in [4.78, 5) is 20.7. The first kappa shape index (κ1) is 14.1. The number of hydrogen-bond donors (Lipinski definition) is 1. The highest BCUT2D eigenvalue weighted by atomic mass is 32.2. The number of para-hydroxylation sites is 2. The van der Waals surface area contributed by atoms with Crippen LogP contribution in [0.5, 0.6) is 0 Å². The molecule has 0 fully saturated rings. The molecule has 3 aromatic rings. The summed E-state index contributed by atoms with van der Waals surface area (Å²) in [7, 11) is 0. The number of aromatic nitrogens is 2. The maximum atomic E-state index is 12.1. The van der Waals surface area contributed by atoms with Crippen molar-refractivity contribution < 1.29 is 9.21 Å². The molecule has 1 aromatic carbocycles. The first-order chi connectivity index (χ1) is 10.1. The number of benzene rings is 1. The van der Waals surface area contributed by atoms with E-state index in [0.717, 1.165) is 16.8 Å². The van der Waals surface area contributed by atoms with Crippen LogP contribution in [-0.4, -0.2) is 21.1 Å². The summed E-state index contributed by atoms with van der Waals surface area (Å²) in [5.41, 5.74) is 2.42. The van der Waals surface area contributed by atoms with Crippen molar-refractivity contribution in [2.24, 2.45) is 0 Å². The summed E-state index contributed by atoms with van der Waals surface area (Å²) in [6.07, 6.45) is 0. The number of anilines is 1. The number of rotatable bonds is 4. The van der Waals surface area contributed by atoms with E-state index >= 15 is 0 Å². The number of oxazole rings is 1. The molecule has 108 valence electrons. The van der Waals surface area contributed by atoms with Crippen molar-refractivity contribution >= 4 is 45.2 Å². The fourth-order valence-electron chi connectivity index (χ4n) is 1.72. The summed E-state index contributed by atoms with van der Waals surface area (Å²) >= 11 is 2.70. The normalized spacial score (nSPS) is 12.5. The van der Waals surface area contributed by atoms with Crippen molar-refractivity contribution in [1.29, 1.82) is 0 Å². The third-order valence-electron chi connectivity index (χ3n) is 2.77. The fraction of sp³-hybridized carbons (Fsp3) is 0.214. The number of nitrogens with one attached hydrogen (secondary N) is 1. The maximum absolute atomic E-state index is 12.1. The lowest BCUT2D eigenvalue weighted by atomic mass is 10.3. The predicted molar refractivity (Wildman–Crippen MR) is 84.8 cm³/mol. The quantitative estimate of drug-likeness (QED) is 0.742. The van der Waals surface area contributed by atoms with E-state index in [4.69, 9.17) is 4.42 Å². The highest BCUT2D eigenvalue weighted by molar-refractivity contribution is 8.00. The molecule has 3 rings (SSSR count). The van der Waals surface area contributed by atoms with Crippen molar-refractivity contribution in [1.82, 2.24) is 9.97 Å². The Balaban J connectivity index is 1.67. The van der Waals surface area contributed by atoms with Gasteiger partial charge in [-0.2, -0.15) is 0 Å². The minimum atomic E-state index is -0.317. The summed E-state index contributed by atoms with van der Waals surface area (Å²) in [6, 6.07) is 7.53. The molecule has 21 heavy (non-hydrogen) atoms. The highest BCUT2D eigenvalue weighted by Crippen LogP contribution is 2.27. The Morgan fingerprint density at radius 3 is 2.90 bits per heavy atom. The number of thiazole rings is 1. The molecule has 0 aliphatic carbocycles. The van der Waals surface area contributed by atoms with Crippen molar-refractivity contribution in [3.8, 4) is 0 Å². The number of amides is 1. The van der Waals surface area contributed by atoms with Gasteiger partial charge >= 0.3 is 0 Å². The molecule has 0 radical (unpaired) electrons. The molecular weight excluding hydrogens is 306 g/mol. The first-order valence-corrected chi connectivity index (χ1v) is 8.13. The van der Waals surface area contributed by atoms with E-state index in [2.05, 4.69) is 15.3 Å². The standard InChI is InChI=1S/C14H13N3O2S2/c1-8-7-20-13(15-8)17-12(18)9(2)21-14-16-10-5-3-4-6-11(10)19-14/h3-7,9H,1-2H3,(H,15,17,18). The fourth-order valence-corrected chi connectivity index (χ4v) is 3.17. The van der Waals surface area contributed by atoms with E-state index in [9.17, 15) is 4.79 Å². The van der Waals surface area contributed by atoms with E-state index in [1.165, 1.54) is 23.1 Å². The zero-order valence-electron chi connectivity index (χ0n) is 11.5. The summed E-state index contributed by atoms with van der Waals surface area (Å²) in [5.74, 6) is -0.114. The summed E-state index contributed by atoms with van der Waals surface area (Å²) in [5, 5.41) is 5.48. The van der Waals surface area contributed by atoms with Crippen LogP contribution in [0.15, 0.2) is 39.3 Å². The van der Waals surface area contributed by atoms with Crippen LogP contribution in [0.1, 0.15) is 12.6 Å². The molecule has 0 saturated heterocycles. The van der Waals surface area contributed by atoms with Crippen LogP contribution in [0.25, 0.3) is 11.1 Å². The molecule has 0 bridgehead atoms. The average molecular weight is 319 g/mol. The van der Waals surface area contributed by atoms with Gasteiger partial charge in [-0.05, 0) is 26.0 Å². The second kappa shape index (κ2) is 5.87. The Bertz CT molecular complexity index is 748. The van der Waals surface area contributed by atoms with Gasteiger partial charge in [0.05, 0.1) is 10.9 Å². The zero-order valence-corrected chi connectivity index (χ0v) is 13.1. The lowest BCUT2D eigenvalue weighted by Crippen LogP contribution is -2.22. The monoisotopic (exact) mass is 319 g/mol. The van der Waals surface area contributed by atoms with Gasteiger partial charge < -0.3 is 9.73 Å². The lowest BCUT2D eigenvalue weighted by Gasteiger charge is -2.07. The molecule has 0 aliphatic heterocycles. The Hall–Kier alpha value is -1.86. The van der Waals surface area contributed by atoms with Crippen LogP contribution in [0.2, 0.25) is 0 Å². The van der Waals surface area contributed by atoms with Gasteiger partial charge in [0.25, 0.3) is 5.22 Å². The molecule has 0 spiro atoms. The number of thioether (sulfide) groups is 1. The minimum Gasteiger partial charge on any atom is -0.431 e. The third kappa shape index (κ3) is 3.25. The minimum absolute atomic E-state index is 0.114. The van der Waals surface area contributed by atoms with Crippen molar-refractivity contribution in [3.63, 3.8) is 0 Å². The number of nitrogens with zero attached hydrogens (tertiary/aromatic N) is 2. The maximum Gasteiger partial charge on any atom is 0.257 e. The Kier molecular flexibility index (Phi) is 3.94. The largest absolute Gasteiger partial charge is 0.431 e. The van der Waals surface area contributed by atoms with Crippen LogP contribution in [0.4, 0.5) is 5.13 Å². The number of fused-ring (bicyclic) bond motifs is 1. The molecule has 7 heteroatoms. The second-order valence-electron chi connectivity index (χ2n) is 4.49. The van der Waals surface area contributed by atoms with Crippen LogP contribution in [0, 0.1) is 6.92 Å². The van der Waals surface area contributed by atoms with Gasteiger partial charge in [-0.15, -0.1) is 11.3 Å². The van der Waals surface area contributed by atoms with Crippen LogP contribution >= 0.6 is 23.1 Å². The first-order valence-electron chi connectivity index (χ1n) is 6.37. The van der Waals surface area contributed by atoms with Gasteiger partial charge in [-0.25, -0.2) is 9.97 Å². The van der Waals surface area contributed by atoms with Gasteiger partial charge in [-0.1, -0.05) is 23.9 Å². The van der Waals surface area contributed by atoms with Crippen molar-refractivity contribution in [2.75, 3.05) is 5.32 Å². The predicted octanol–water partition coefficient (Wildman–Crippen LogP) is 3.71. The topological polar surface area (TPSA) is 68.0 Å². The molecule has 1 amide bonds. The smallest absolute Gasteiger partial charge is 0.257 e. The SMILES string of the molecule is Cc1csc(NC(=O)C(C)Sc2nc3ccccc3o2)n1. The molecule has 1 N–H and O–H groups in total. The Morgan fingerprint density at radius 1 is 1.38 bits per heavy atom. The van der Waals surface area contributed by atoms with Gasteiger partial charge in [0.15, 0.2) is 10.7 Å². The second-order valence-corrected chi connectivity index (χ2v) is 6.64. The number of carbonyl (C=O) groups is 1. The lowest BCUT2D eigenvalue weighted by molar-refractivity contribution is -0.115. The Morgan fingerprint density at radius 2 is 2.19 bits per heavy atom. The molecule has 0 saturated carbocycles. The highest BCUT2D eigenvalue weighted by Gasteiger charge is 2.19. The summed E-state index contributed by atoms with van der Waals surface area (Å²) in [6.45, 7) is 3.71. The molecule has 0 aliphatic rings. The zero-order chi connectivity index (χ0) is 14.8. The molecular formula is C14H13N3O2S2. The van der Waals surface area contributed by atoms with Gasteiger partial charge in [0, 0.05) is 5.38 Å². The van der Waals surface area contributed by atoms with E-state index in [-0.39, 0.29) is 11.2 Å². The molecule has 5 nitrogen and oxygen atoms in total. The third-order valence-corrected chi connectivity index (χ3v) is 4.59. The van der Waals surface area contributed by atoms with E-state index < -0.39 is 0 Å².